The summed E-state index contributed by atoms with van der Waals surface area (Å²) in [6.45, 7) is 5.58. The van der Waals surface area contributed by atoms with Crippen molar-refractivity contribution in [2.45, 2.75) is 19.8 Å². The molecule has 0 bridgehead atoms. The molecule has 60 valence electrons. The van der Waals surface area contributed by atoms with Gasteiger partial charge >= 0.3 is 0 Å². The molecule has 1 rings (SSSR count). The number of carbonyl (C=O) groups is 1. The van der Waals surface area contributed by atoms with Gasteiger partial charge in [0.2, 0.25) is 0 Å². The predicted molar refractivity (Wildman–Crippen MR) is 46.2 cm³/mol. The highest BCUT2D eigenvalue weighted by atomic mass is 16.1. The first kappa shape index (κ1) is 8.25. The molecular weight excluding hydrogens is 136 g/mol. The first-order valence-corrected chi connectivity index (χ1v) is 4.08. The molecule has 1 aliphatic rings. The van der Waals surface area contributed by atoms with Crippen molar-refractivity contribution in [1.29, 1.82) is 0 Å². The summed E-state index contributed by atoms with van der Waals surface area (Å²) in [4.78, 5) is 11.2. The van der Waals surface area contributed by atoms with Crippen molar-refractivity contribution in [3.63, 3.8) is 0 Å². The number of rotatable bonds is 2. The van der Waals surface area contributed by atoms with E-state index in [1.165, 1.54) is 6.08 Å². The van der Waals surface area contributed by atoms with Gasteiger partial charge in [0.05, 0.1) is 0 Å². The molecule has 1 heteroatoms. The Hall–Kier alpha value is -0.850. The Balaban J connectivity index is 2.64. The molecule has 2 atom stereocenters. The normalized spacial score (nSPS) is 29.9. The zero-order valence-corrected chi connectivity index (χ0v) is 6.92. The molecule has 0 radical (unpaired) electrons. The van der Waals surface area contributed by atoms with Gasteiger partial charge in [0.1, 0.15) is 0 Å². The van der Waals surface area contributed by atoms with Gasteiger partial charge in [-0.15, -0.1) is 0 Å². The van der Waals surface area contributed by atoms with E-state index in [2.05, 4.69) is 25.7 Å². The Morgan fingerprint density at radius 2 is 2.45 bits per heavy atom. The Morgan fingerprint density at radius 3 is 3.00 bits per heavy atom. The molecule has 0 aromatic heterocycles. The van der Waals surface area contributed by atoms with Crippen LogP contribution in [0.4, 0.5) is 0 Å². The summed E-state index contributed by atoms with van der Waals surface area (Å²) >= 11 is 0. The SMILES string of the molecule is C=CC(=O)C1CCC=CC1C. The van der Waals surface area contributed by atoms with E-state index in [-0.39, 0.29) is 11.7 Å². The van der Waals surface area contributed by atoms with Gasteiger partial charge in [-0.05, 0) is 24.8 Å². The lowest BCUT2D eigenvalue weighted by molar-refractivity contribution is -0.119. The molecule has 0 saturated heterocycles. The molecule has 0 aliphatic heterocycles. The smallest absolute Gasteiger partial charge is 0.158 e. The lowest BCUT2D eigenvalue weighted by Gasteiger charge is -2.21. The summed E-state index contributed by atoms with van der Waals surface area (Å²) < 4.78 is 0. The van der Waals surface area contributed by atoms with Crippen LogP contribution in [0.1, 0.15) is 19.8 Å². The Kier molecular flexibility index (Phi) is 2.64. The number of ketones is 1. The summed E-state index contributed by atoms with van der Waals surface area (Å²) in [6.07, 6.45) is 7.74. The molecule has 1 aliphatic carbocycles. The molecule has 11 heavy (non-hydrogen) atoms. The van der Waals surface area contributed by atoms with Gasteiger partial charge < -0.3 is 0 Å². The van der Waals surface area contributed by atoms with Crippen molar-refractivity contribution >= 4 is 5.78 Å². The van der Waals surface area contributed by atoms with Gasteiger partial charge in [-0.25, -0.2) is 0 Å². The highest BCUT2D eigenvalue weighted by Gasteiger charge is 2.22. The van der Waals surface area contributed by atoms with Crippen LogP contribution in [0.15, 0.2) is 24.8 Å². The first-order chi connectivity index (χ1) is 5.25. The fourth-order valence-corrected chi connectivity index (χ4v) is 1.54. The zero-order chi connectivity index (χ0) is 8.27. The predicted octanol–water partition coefficient (Wildman–Crippen LogP) is 2.34. The molecule has 0 heterocycles. The quantitative estimate of drug-likeness (QED) is 0.436. The maximum Gasteiger partial charge on any atom is 0.158 e. The average Bonchev–Trinajstić information content (AvgIpc) is 2.04. The number of allylic oxidation sites excluding steroid dienone is 3. The summed E-state index contributed by atoms with van der Waals surface area (Å²) in [7, 11) is 0. The second-order valence-electron chi connectivity index (χ2n) is 3.08. The fraction of sp³-hybridized carbons (Fsp3) is 0.500. The fourth-order valence-electron chi connectivity index (χ4n) is 1.54. The van der Waals surface area contributed by atoms with E-state index >= 15 is 0 Å². The van der Waals surface area contributed by atoms with Crippen molar-refractivity contribution in [3.8, 4) is 0 Å². The second kappa shape index (κ2) is 3.51. The number of carbonyl (C=O) groups excluding carboxylic acids is 1. The van der Waals surface area contributed by atoms with Crippen LogP contribution in [-0.4, -0.2) is 5.78 Å². The van der Waals surface area contributed by atoms with Crippen LogP contribution in [0, 0.1) is 11.8 Å². The topological polar surface area (TPSA) is 17.1 Å². The lowest BCUT2D eigenvalue weighted by Crippen LogP contribution is -2.20. The van der Waals surface area contributed by atoms with E-state index < -0.39 is 0 Å². The van der Waals surface area contributed by atoms with E-state index in [1.54, 1.807) is 0 Å². The molecule has 0 N–H and O–H groups in total. The summed E-state index contributed by atoms with van der Waals surface area (Å²) in [5.74, 6) is 0.786. The van der Waals surface area contributed by atoms with Crippen LogP contribution >= 0.6 is 0 Å². The van der Waals surface area contributed by atoms with Crippen molar-refractivity contribution in [1.82, 2.24) is 0 Å². The highest BCUT2D eigenvalue weighted by molar-refractivity contribution is 5.91. The van der Waals surface area contributed by atoms with Crippen LogP contribution in [0.5, 0.6) is 0 Å². The molecule has 0 saturated carbocycles. The minimum atomic E-state index is 0.192. The Morgan fingerprint density at radius 1 is 1.73 bits per heavy atom. The molecule has 0 spiro atoms. The van der Waals surface area contributed by atoms with Crippen LogP contribution in [0.3, 0.4) is 0 Å². The van der Waals surface area contributed by atoms with E-state index in [0.29, 0.717) is 5.92 Å². The molecule has 0 aromatic rings. The molecule has 1 nitrogen and oxygen atoms in total. The monoisotopic (exact) mass is 150 g/mol. The minimum Gasteiger partial charge on any atom is -0.295 e. The molecular formula is C10H14O. The standard InChI is InChI=1S/C10H14O/c1-3-10(11)9-7-5-4-6-8(9)2/h3-4,6,8-9H,1,5,7H2,2H3. The summed E-state index contributed by atoms with van der Waals surface area (Å²) in [5, 5.41) is 0. The van der Waals surface area contributed by atoms with Crippen LogP contribution in [0.25, 0.3) is 0 Å². The van der Waals surface area contributed by atoms with Gasteiger partial charge in [0, 0.05) is 5.92 Å². The Bertz CT molecular complexity index is 191. The third kappa shape index (κ3) is 1.79. The zero-order valence-electron chi connectivity index (χ0n) is 6.92. The minimum absolute atomic E-state index is 0.192. The molecule has 2 unspecified atom stereocenters. The first-order valence-electron chi connectivity index (χ1n) is 4.08. The van der Waals surface area contributed by atoms with E-state index in [4.69, 9.17) is 0 Å². The van der Waals surface area contributed by atoms with Gasteiger partial charge in [-0.2, -0.15) is 0 Å². The van der Waals surface area contributed by atoms with Gasteiger partial charge in [0.25, 0.3) is 0 Å². The van der Waals surface area contributed by atoms with Crippen LogP contribution in [-0.2, 0) is 4.79 Å². The lowest BCUT2D eigenvalue weighted by atomic mass is 9.82. The van der Waals surface area contributed by atoms with E-state index in [1.807, 2.05) is 0 Å². The number of hydrogen-bond acceptors (Lipinski definition) is 1. The van der Waals surface area contributed by atoms with Crippen LogP contribution in [0.2, 0.25) is 0 Å². The average molecular weight is 150 g/mol. The molecule has 0 amide bonds. The highest BCUT2D eigenvalue weighted by Crippen LogP contribution is 2.24. The van der Waals surface area contributed by atoms with Crippen molar-refractivity contribution in [2.75, 3.05) is 0 Å². The van der Waals surface area contributed by atoms with E-state index in [9.17, 15) is 4.79 Å². The maximum absolute atomic E-state index is 11.2. The number of hydrogen-bond donors (Lipinski definition) is 0. The third-order valence-electron chi connectivity index (χ3n) is 2.29. The van der Waals surface area contributed by atoms with Gasteiger partial charge in [0.15, 0.2) is 5.78 Å². The second-order valence-corrected chi connectivity index (χ2v) is 3.08. The van der Waals surface area contributed by atoms with Crippen molar-refractivity contribution < 1.29 is 4.79 Å². The van der Waals surface area contributed by atoms with E-state index in [0.717, 1.165) is 12.8 Å². The Labute approximate surface area is 67.8 Å². The molecule has 0 aromatic carbocycles. The van der Waals surface area contributed by atoms with Crippen molar-refractivity contribution in [3.05, 3.63) is 24.8 Å². The summed E-state index contributed by atoms with van der Waals surface area (Å²) in [6, 6.07) is 0. The summed E-state index contributed by atoms with van der Waals surface area (Å²) in [5.41, 5.74) is 0. The van der Waals surface area contributed by atoms with Gasteiger partial charge in [-0.3, -0.25) is 4.79 Å². The van der Waals surface area contributed by atoms with Crippen LogP contribution < -0.4 is 0 Å². The third-order valence-corrected chi connectivity index (χ3v) is 2.29. The largest absolute Gasteiger partial charge is 0.295 e. The van der Waals surface area contributed by atoms with Crippen molar-refractivity contribution in [2.24, 2.45) is 11.8 Å². The maximum atomic E-state index is 11.2. The van der Waals surface area contributed by atoms with Gasteiger partial charge in [-0.1, -0.05) is 25.7 Å². The molecule has 0 fully saturated rings.